The third kappa shape index (κ3) is 4.68. The Bertz CT molecular complexity index is 1090. The zero-order valence-electron chi connectivity index (χ0n) is 18.2. The van der Waals surface area contributed by atoms with E-state index in [1.807, 2.05) is 26.8 Å². The number of rotatable bonds is 5. The first-order chi connectivity index (χ1) is 15.4. The number of hydrogen-bond donors (Lipinski definition) is 3. The highest BCUT2D eigenvalue weighted by Crippen LogP contribution is 2.42. The van der Waals surface area contributed by atoms with E-state index >= 15 is 0 Å². The molecule has 32 heavy (non-hydrogen) atoms. The topological polar surface area (TPSA) is 112 Å². The third-order valence-electron chi connectivity index (χ3n) is 5.61. The number of nitrogens with one attached hydrogen (secondary N) is 2. The predicted octanol–water partition coefficient (Wildman–Crippen LogP) is 3.97. The van der Waals surface area contributed by atoms with E-state index in [4.69, 9.17) is 21.0 Å². The number of fused-ring (bicyclic) bond motifs is 1. The van der Waals surface area contributed by atoms with Crippen LogP contribution in [0.15, 0.2) is 24.3 Å². The number of hydrogen-bond acceptors (Lipinski definition) is 8. The van der Waals surface area contributed by atoms with Gasteiger partial charge in [0.15, 0.2) is 0 Å². The Hall–Kier alpha value is -2.80. The van der Waals surface area contributed by atoms with Crippen molar-refractivity contribution in [1.29, 1.82) is 5.26 Å². The van der Waals surface area contributed by atoms with Gasteiger partial charge in [0, 0.05) is 29.6 Å². The van der Waals surface area contributed by atoms with E-state index in [1.165, 1.54) is 0 Å². The van der Waals surface area contributed by atoms with Gasteiger partial charge in [-0.1, -0.05) is 25.4 Å². The van der Waals surface area contributed by atoms with Crippen LogP contribution < -0.4 is 15.3 Å². The smallest absolute Gasteiger partial charge is 0.531 e. The second-order valence-corrected chi connectivity index (χ2v) is 8.73. The molecule has 1 aromatic carbocycles. The van der Waals surface area contributed by atoms with Crippen LogP contribution in [-0.2, 0) is 4.74 Å². The highest BCUT2D eigenvalue weighted by Gasteiger charge is 2.28. The van der Waals surface area contributed by atoms with E-state index in [1.54, 1.807) is 18.2 Å². The molecule has 3 N–H and O–H groups in total. The van der Waals surface area contributed by atoms with Crippen LogP contribution in [0.4, 0.5) is 17.5 Å². The summed E-state index contributed by atoms with van der Waals surface area (Å²) in [6, 6.07) is 5.85. The molecular formula is C22H25BClN5O3. The lowest BCUT2D eigenvalue weighted by Crippen LogP contribution is -2.38. The molecule has 1 saturated heterocycles. The number of nitriles is 1. The number of halogens is 1. The van der Waals surface area contributed by atoms with Crippen molar-refractivity contribution in [2.24, 2.45) is 11.8 Å². The molecule has 8 nitrogen and oxygen atoms in total. The zero-order chi connectivity index (χ0) is 22.8. The van der Waals surface area contributed by atoms with Crippen LogP contribution in [0.25, 0.3) is 5.57 Å². The van der Waals surface area contributed by atoms with Gasteiger partial charge in [-0.25, -0.2) is 4.98 Å². The zero-order valence-corrected chi connectivity index (χ0v) is 19.0. The summed E-state index contributed by atoms with van der Waals surface area (Å²) in [5.41, 5.74) is 3.35. The van der Waals surface area contributed by atoms with Crippen molar-refractivity contribution in [1.82, 2.24) is 9.97 Å². The fourth-order valence-corrected chi connectivity index (χ4v) is 4.15. The van der Waals surface area contributed by atoms with Crippen LogP contribution in [0.1, 0.15) is 31.4 Å². The van der Waals surface area contributed by atoms with Crippen LogP contribution in [0.3, 0.4) is 0 Å². The summed E-state index contributed by atoms with van der Waals surface area (Å²) >= 11 is 6.47. The van der Waals surface area contributed by atoms with E-state index in [9.17, 15) is 10.3 Å². The molecule has 4 rings (SSSR count). The number of aryl methyl sites for hydroxylation is 1. The molecule has 2 atom stereocenters. The van der Waals surface area contributed by atoms with Crippen LogP contribution in [0, 0.1) is 30.1 Å². The SMILES string of the molecule is Cc1cnc(Nc2cc(Cl)c3c(c2)C(C(C)C)=CB(O)O3)nc1NC1COCC[C@H]1C#N. The van der Waals surface area contributed by atoms with E-state index in [0.29, 0.717) is 47.9 Å². The summed E-state index contributed by atoms with van der Waals surface area (Å²) in [5, 5.41) is 26.4. The maximum absolute atomic E-state index is 10.0. The Morgan fingerprint density at radius 3 is 2.94 bits per heavy atom. The standard InChI is InChI=1S/C22H25BClN5O3/c1-12(2)17-8-23(30)32-20-16(17)6-15(7-18(20)24)27-22-26-10-13(3)21(29-22)28-19-11-31-5-4-14(19)9-25/h6-8,10,12,14,19,30H,4-5,11H2,1-3H3,(H2,26,27,28,29)/t14-,19?/m0/s1. The van der Waals surface area contributed by atoms with Gasteiger partial charge in [0.2, 0.25) is 5.95 Å². The van der Waals surface area contributed by atoms with Crippen molar-refractivity contribution in [2.45, 2.75) is 33.2 Å². The van der Waals surface area contributed by atoms with Crippen LogP contribution >= 0.6 is 11.6 Å². The summed E-state index contributed by atoms with van der Waals surface area (Å²) in [4.78, 5) is 9.00. The first-order valence-electron chi connectivity index (χ1n) is 10.6. The predicted molar refractivity (Wildman–Crippen MR) is 125 cm³/mol. The molecule has 2 aromatic rings. The first-order valence-corrected chi connectivity index (χ1v) is 11.0. The van der Waals surface area contributed by atoms with Crippen molar-refractivity contribution in [3.8, 4) is 11.8 Å². The fraction of sp³-hybridized carbons (Fsp3) is 0.409. The lowest BCUT2D eigenvalue weighted by atomic mass is 9.78. The molecule has 10 heteroatoms. The second kappa shape index (κ2) is 9.37. The Morgan fingerprint density at radius 1 is 1.38 bits per heavy atom. The van der Waals surface area contributed by atoms with Gasteiger partial charge in [-0.2, -0.15) is 10.2 Å². The van der Waals surface area contributed by atoms with E-state index in [0.717, 1.165) is 16.7 Å². The van der Waals surface area contributed by atoms with Gasteiger partial charge in [0.1, 0.15) is 11.6 Å². The summed E-state index contributed by atoms with van der Waals surface area (Å²) < 4.78 is 11.1. The lowest BCUT2D eigenvalue weighted by Gasteiger charge is -2.28. The number of nitrogens with zero attached hydrogens (tertiary/aromatic N) is 3. The fourth-order valence-electron chi connectivity index (χ4n) is 3.89. The maximum Gasteiger partial charge on any atom is 0.552 e. The third-order valence-corrected chi connectivity index (χ3v) is 5.89. The molecule has 3 heterocycles. The summed E-state index contributed by atoms with van der Waals surface area (Å²) in [7, 11) is -1.02. The normalized spacial score (nSPS) is 20.2. The Kier molecular flexibility index (Phi) is 6.56. The molecular weight excluding hydrogens is 429 g/mol. The van der Waals surface area contributed by atoms with E-state index in [-0.39, 0.29) is 17.9 Å². The molecule has 0 amide bonds. The van der Waals surface area contributed by atoms with Crippen molar-refractivity contribution in [3.63, 3.8) is 0 Å². The Labute approximate surface area is 192 Å². The van der Waals surface area contributed by atoms with Gasteiger partial charge in [0.25, 0.3) is 0 Å². The molecule has 2 aliphatic rings. The number of allylic oxidation sites excluding steroid dienone is 1. The van der Waals surface area contributed by atoms with E-state index in [2.05, 4.69) is 26.7 Å². The van der Waals surface area contributed by atoms with E-state index < -0.39 is 7.12 Å². The average Bonchev–Trinajstić information content (AvgIpc) is 2.76. The van der Waals surface area contributed by atoms with Crippen molar-refractivity contribution < 1.29 is 14.4 Å². The minimum absolute atomic E-state index is 0.129. The molecule has 0 bridgehead atoms. The molecule has 0 saturated carbocycles. The molecule has 2 aliphatic heterocycles. The number of benzene rings is 1. The minimum Gasteiger partial charge on any atom is -0.531 e. The van der Waals surface area contributed by atoms with Gasteiger partial charge in [-0.05, 0) is 42.9 Å². The minimum atomic E-state index is -1.02. The number of anilines is 3. The average molecular weight is 454 g/mol. The molecule has 0 radical (unpaired) electrons. The summed E-state index contributed by atoms with van der Waals surface area (Å²) in [6.45, 7) is 7.06. The van der Waals surface area contributed by atoms with Gasteiger partial charge in [-0.3, -0.25) is 0 Å². The molecule has 166 valence electrons. The van der Waals surface area contributed by atoms with Crippen LogP contribution in [0.5, 0.6) is 5.75 Å². The monoisotopic (exact) mass is 453 g/mol. The maximum atomic E-state index is 10.0. The highest BCUT2D eigenvalue weighted by atomic mass is 35.5. The molecule has 1 fully saturated rings. The first kappa shape index (κ1) is 22.4. The van der Waals surface area contributed by atoms with Gasteiger partial charge in [0.05, 0.1) is 29.7 Å². The number of aromatic nitrogens is 2. The number of ether oxygens (including phenoxy) is 1. The Balaban J connectivity index is 1.60. The highest BCUT2D eigenvalue weighted by molar-refractivity contribution is 6.53. The summed E-state index contributed by atoms with van der Waals surface area (Å²) in [6.07, 6.45) is 2.42. The second-order valence-electron chi connectivity index (χ2n) is 8.32. The molecule has 1 unspecified atom stereocenters. The van der Waals surface area contributed by atoms with Gasteiger partial charge < -0.3 is 25.0 Å². The van der Waals surface area contributed by atoms with Crippen LogP contribution in [-0.4, -0.2) is 41.4 Å². The largest absolute Gasteiger partial charge is 0.552 e. The molecule has 1 aromatic heterocycles. The lowest BCUT2D eigenvalue weighted by molar-refractivity contribution is 0.0698. The van der Waals surface area contributed by atoms with Gasteiger partial charge >= 0.3 is 7.12 Å². The van der Waals surface area contributed by atoms with Gasteiger partial charge in [-0.15, -0.1) is 0 Å². The van der Waals surface area contributed by atoms with Crippen LogP contribution in [0.2, 0.25) is 5.02 Å². The quantitative estimate of drug-likeness (QED) is 0.583. The molecule has 0 spiro atoms. The summed E-state index contributed by atoms with van der Waals surface area (Å²) in [5.74, 6) is 3.24. The van der Waals surface area contributed by atoms with Crippen molar-refractivity contribution >= 4 is 41.7 Å². The Morgan fingerprint density at radius 2 is 2.19 bits per heavy atom. The van der Waals surface area contributed by atoms with Crippen molar-refractivity contribution in [2.75, 3.05) is 23.8 Å². The van der Waals surface area contributed by atoms with Crippen molar-refractivity contribution in [3.05, 3.63) is 40.5 Å². The molecule has 0 aliphatic carbocycles.